The van der Waals surface area contributed by atoms with Crippen LogP contribution in [0.5, 0.6) is 0 Å². The summed E-state index contributed by atoms with van der Waals surface area (Å²) in [6, 6.07) is 6.55. The average Bonchev–Trinajstić information content (AvgIpc) is 2.85. The predicted molar refractivity (Wildman–Crippen MR) is 77.2 cm³/mol. The number of ether oxygens (including phenoxy) is 1. The third-order valence-electron chi connectivity index (χ3n) is 3.61. The van der Waals surface area contributed by atoms with E-state index in [0.29, 0.717) is 6.10 Å². The van der Waals surface area contributed by atoms with E-state index in [9.17, 15) is 0 Å². The first-order chi connectivity index (χ1) is 8.70. The highest BCUT2D eigenvalue weighted by Gasteiger charge is 2.19. The Morgan fingerprint density at radius 2 is 2.39 bits per heavy atom. The minimum atomic E-state index is 0.210. The zero-order chi connectivity index (χ0) is 13.0. The molecule has 1 aromatic carbocycles. The Kier molecular flexibility index (Phi) is 5.18. The van der Waals surface area contributed by atoms with Gasteiger partial charge in [0.1, 0.15) is 0 Å². The quantitative estimate of drug-likeness (QED) is 0.648. The van der Waals surface area contributed by atoms with Crippen LogP contribution in [0.1, 0.15) is 42.9 Å². The summed E-state index contributed by atoms with van der Waals surface area (Å²) in [5.41, 5.74) is 5.47. The molecule has 1 aromatic rings. The molecule has 3 N–H and O–H groups in total. The topological polar surface area (TPSA) is 47.3 Å². The van der Waals surface area contributed by atoms with Gasteiger partial charge in [0.2, 0.25) is 0 Å². The molecule has 1 aliphatic rings. The Labute approximate surface area is 117 Å². The first kappa shape index (κ1) is 14.0. The normalized spacial score (nSPS) is 21.2. The second kappa shape index (κ2) is 6.66. The predicted octanol–water partition coefficient (Wildman–Crippen LogP) is 3.22. The zero-order valence-corrected chi connectivity index (χ0v) is 12.4. The number of rotatable bonds is 5. The van der Waals surface area contributed by atoms with Crippen molar-refractivity contribution in [1.29, 1.82) is 0 Å². The lowest BCUT2D eigenvalue weighted by molar-refractivity contribution is 0.0996. The molecule has 1 fully saturated rings. The lowest BCUT2D eigenvalue weighted by Crippen LogP contribution is -2.29. The van der Waals surface area contributed by atoms with Crippen molar-refractivity contribution in [3.05, 3.63) is 33.8 Å². The number of hydrazine groups is 1. The van der Waals surface area contributed by atoms with Crippen LogP contribution < -0.4 is 11.3 Å². The summed E-state index contributed by atoms with van der Waals surface area (Å²) >= 11 is 3.49. The van der Waals surface area contributed by atoms with Crippen LogP contribution in [-0.4, -0.2) is 12.7 Å². The van der Waals surface area contributed by atoms with Crippen molar-refractivity contribution < 1.29 is 4.74 Å². The van der Waals surface area contributed by atoms with Crippen molar-refractivity contribution in [3.8, 4) is 0 Å². The van der Waals surface area contributed by atoms with Gasteiger partial charge in [-0.3, -0.25) is 11.3 Å². The van der Waals surface area contributed by atoms with E-state index < -0.39 is 0 Å². The second-order valence-electron chi connectivity index (χ2n) is 4.93. The van der Waals surface area contributed by atoms with Crippen molar-refractivity contribution >= 4 is 15.9 Å². The summed E-state index contributed by atoms with van der Waals surface area (Å²) in [4.78, 5) is 0. The number of halogens is 1. The first-order valence-corrected chi connectivity index (χ1v) is 7.34. The zero-order valence-electron chi connectivity index (χ0n) is 10.8. The highest BCUT2D eigenvalue weighted by molar-refractivity contribution is 9.10. The minimum Gasteiger partial charge on any atom is -0.378 e. The smallest absolute Gasteiger partial charge is 0.0576 e. The summed E-state index contributed by atoms with van der Waals surface area (Å²) in [6.07, 6.45) is 4.91. The number of benzene rings is 1. The van der Waals surface area contributed by atoms with Crippen LogP contribution in [0.2, 0.25) is 0 Å². The SMILES string of the molecule is Cc1cc(Br)ccc1C(CCC1CCCO1)NN. The van der Waals surface area contributed by atoms with E-state index in [4.69, 9.17) is 10.6 Å². The maximum Gasteiger partial charge on any atom is 0.0576 e. The molecule has 1 heterocycles. The molecule has 0 aromatic heterocycles. The van der Waals surface area contributed by atoms with Gasteiger partial charge in [0.25, 0.3) is 0 Å². The standard InChI is InChI=1S/C14H21BrN2O/c1-10-9-11(15)4-6-13(10)14(17-16)7-5-12-3-2-8-18-12/h4,6,9,12,14,17H,2-3,5,7-8,16H2,1H3. The van der Waals surface area contributed by atoms with E-state index in [-0.39, 0.29) is 6.04 Å². The van der Waals surface area contributed by atoms with E-state index in [1.165, 1.54) is 24.0 Å². The van der Waals surface area contributed by atoms with Crippen LogP contribution in [-0.2, 0) is 4.74 Å². The molecule has 1 aliphatic heterocycles. The molecular formula is C14H21BrN2O. The van der Waals surface area contributed by atoms with Gasteiger partial charge in [0.05, 0.1) is 6.10 Å². The van der Waals surface area contributed by atoms with E-state index in [1.807, 2.05) is 0 Å². The van der Waals surface area contributed by atoms with Crippen LogP contribution in [0.15, 0.2) is 22.7 Å². The van der Waals surface area contributed by atoms with E-state index >= 15 is 0 Å². The maximum atomic E-state index is 5.69. The van der Waals surface area contributed by atoms with Gasteiger partial charge in [-0.05, 0) is 55.9 Å². The molecule has 2 unspecified atom stereocenters. The van der Waals surface area contributed by atoms with Crippen LogP contribution in [0, 0.1) is 6.92 Å². The molecule has 3 nitrogen and oxygen atoms in total. The number of hydrogen-bond acceptors (Lipinski definition) is 3. The molecule has 0 bridgehead atoms. The molecule has 0 radical (unpaired) electrons. The Morgan fingerprint density at radius 1 is 1.56 bits per heavy atom. The second-order valence-corrected chi connectivity index (χ2v) is 5.85. The summed E-state index contributed by atoms with van der Waals surface area (Å²) in [7, 11) is 0. The lowest BCUT2D eigenvalue weighted by atomic mass is 9.96. The van der Waals surface area contributed by atoms with Crippen molar-refractivity contribution in [2.24, 2.45) is 5.84 Å². The van der Waals surface area contributed by atoms with Crippen LogP contribution in [0.3, 0.4) is 0 Å². The number of nitrogens with two attached hydrogens (primary N) is 1. The molecule has 0 saturated carbocycles. The molecule has 100 valence electrons. The van der Waals surface area contributed by atoms with Crippen LogP contribution >= 0.6 is 15.9 Å². The van der Waals surface area contributed by atoms with Gasteiger partial charge in [-0.15, -0.1) is 0 Å². The van der Waals surface area contributed by atoms with E-state index in [1.54, 1.807) is 0 Å². The fourth-order valence-electron chi connectivity index (χ4n) is 2.58. The van der Waals surface area contributed by atoms with Crippen LogP contribution in [0.25, 0.3) is 0 Å². The van der Waals surface area contributed by atoms with Gasteiger partial charge >= 0.3 is 0 Å². The van der Waals surface area contributed by atoms with Gasteiger partial charge in [0, 0.05) is 17.1 Å². The molecule has 1 saturated heterocycles. The average molecular weight is 313 g/mol. The molecule has 18 heavy (non-hydrogen) atoms. The van der Waals surface area contributed by atoms with Crippen molar-refractivity contribution in [3.63, 3.8) is 0 Å². The Morgan fingerprint density at radius 3 is 3.00 bits per heavy atom. The Bertz CT molecular complexity index is 391. The number of aryl methyl sites for hydroxylation is 1. The molecule has 0 amide bonds. The largest absolute Gasteiger partial charge is 0.378 e. The highest BCUT2D eigenvalue weighted by Crippen LogP contribution is 2.27. The van der Waals surface area contributed by atoms with Crippen molar-refractivity contribution in [2.45, 2.75) is 44.8 Å². The molecular weight excluding hydrogens is 292 g/mol. The highest BCUT2D eigenvalue weighted by atomic mass is 79.9. The van der Waals surface area contributed by atoms with Crippen molar-refractivity contribution in [2.75, 3.05) is 6.61 Å². The maximum absolute atomic E-state index is 5.69. The fourth-order valence-corrected chi connectivity index (χ4v) is 3.06. The Balaban J connectivity index is 1.98. The van der Waals surface area contributed by atoms with Gasteiger partial charge in [0.15, 0.2) is 0 Å². The first-order valence-electron chi connectivity index (χ1n) is 6.54. The van der Waals surface area contributed by atoms with Gasteiger partial charge in [-0.2, -0.15) is 0 Å². The number of hydrogen-bond donors (Lipinski definition) is 2. The molecule has 0 spiro atoms. The minimum absolute atomic E-state index is 0.210. The van der Waals surface area contributed by atoms with Gasteiger partial charge in [-0.1, -0.05) is 22.0 Å². The monoisotopic (exact) mass is 312 g/mol. The number of nitrogens with one attached hydrogen (secondary N) is 1. The van der Waals surface area contributed by atoms with Crippen LogP contribution in [0.4, 0.5) is 0 Å². The summed E-state index contributed by atoms with van der Waals surface area (Å²) in [5.74, 6) is 5.69. The lowest BCUT2D eigenvalue weighted by Gasteiger charge is -2.20. The molecule has 0 aliphatic carbocycles. The van der Waals surface area contributed by atoms with E-state index in [2.05, 4.69) is 46.5 Å². The van der Waals surface area contributed by atoms with Gasteiger partial charge in [-0.25, -0.2) is 0 Å². The molecule has 4 heteroatoms. The third-order valence-corrected chi connectivity index (χ3v) is 4.10. The van der Waals surface area contributed by atoms with E-state index in [0.717, 1.165) is 23.9 Å². The van der Waals surface area contributed by atoms with Gasteiger partial charge < -0.3 is 4.74 Å². The fraction of sp³-hybridized carbons (Fsp3) is 0.571. The summed E-state index contributed by atoms with van der Waals surface area (Å²) < 4.78 is 6.77. The molecule has 2 atom stereocenters. The Hall–Kier alpha value is -0.420. The van der Waals surface area contributed by atoms with Crippen molar-refractivity contribution in [1.82, 2.24) is 5.43 Å². The summed E-state index contributed by atoms with van der Waals surface area (Å²) in [5, 5.41) is 0. The summed E-state index contributed by atoms with van der Waals surface area (Å²) in [6.45, 7) is 3.04. The molecule has 2 rings (SSSR count). The third kappa shape index (κ3) is 3.54.